The summed E-state index contributed by atoms with van der Waals surface area (Å²) in [6, 6.07) is 3.99. The number of aryl methyl sites for hydroxylation is 2. The lowest BCUT2D eigenvalue weighted by Gasteiger charge is -2.05. The molecule has 0 saturated carbocycles. The zero-order valence-corrected chi connectivity index (χ0v) is 16.8. The van der Waals surface area contributed by atoms with Crippen molar-refractivity contribution in [3.63, 3.8) is 0 Å². The number of carbonyl (C=O) groups excluding carboxylic acids is 1. The van der Waals surface area contributed by atoms with Crippen LogP contribution in [0.15, 0.2) is 30.6 Å². The third-order valence-corrected chi connectivity index (χ3v) is 4.62. The van der Waals surface area contributed by atoms with Crippen molar-refractivity contribution >= 4 is 29.2 Å². The number of imidazole rings is 1. The van der Waals surface area contributed by atoms with Crippen LogP contribution in [0.2, 0.25) is 5.15 Å². The number of hydrogen-bond acceptors (Lipinski definition) is 3. The van der Waals surface area contributed by atoms with Gasteiger partial charge >= 0.3 is 0 Å². The Balaban J connectivity index is 1.65. The van der Waals surface area contributed by atoms with Gasteiger partial charge in [0.05, 0.1) is 17.9 Å². The van der Waals surface area contributed by atoms with Crippen LogP contribution in [-0.4, -0.2) is 25.1 Å². The minimum Gasteiger partial charge on any atom is -0.347 e. The average molecular weight is 386 g/mol. The summed E-state index contributed by atoms with van der Waals surface area (Å²) >= 11 is 6.39. The Kier molecular flexibility index (Phi) is 5.65. The molecule has 3 rings (SSSR count). The van der Waals surface area contributed by atoms with E-state index in [-0.39, 0.29) is 5.91 Å². The van der Waals surface area contributed by atoms with Crippen LogP contribution in [0.1, 0.15) is 36.4 Å². The Morgan fingerprint density at radius 2 is 2.15 bits per heavy atom. The molecule has 0 bridgehead atoms. The molecule has 3 aromatic heterocycles. The van der Waals surface area contributed by atoms with Crippen molar-refractivity contribution in [2.45, 2.75) is 40.8 Å². The Hall–Kier alpha value is -2.60. The van der Waals surface area contributed by atoms with Gasteiger partial charge in [0.25, 0.3) is 0 Å². The molecular weight excluding hydrogens is 362 g/mol. The van der Waals surface area contributed by atoms with Gasteiger partial charge in [0, 0.05) is 30.6 Å². The van der Waals surface area contributed by atoms with Gasteiger partial charge in [-0.25, -0.2) is 4.98 Å². The van der Waals surface area contributed by atoms with E-state index < -0.39 is 0 Å². The molecule has 6 nitrogen and oxygen atoms in total. The number of aromatic nitrogens is 4. The number of fused-ring (bicyclic) bond motifs is 1. The molecule has 0 atom stereocenters. The van der Waals surface area contributed by atoms with Crippen molar-refractivity contribution in [1.82, 2.24) is 24.5 Å². The molecule has 0 fully saturated rings. The highest BCUT2D eigenvalue weighted by Gasteiger charge is 2.12. The topological polar surface area (TPSA) is 64.2 Å². The third kappa shape index (κ3) is 4.39. The van der Waals surface area contributed by atoms with Crippen LogP contribution in [-0.2, 0) is 17.9 Å². The summed E-state index contributed by atoms with van der Waals surface area (Å²) in [7, 11) is 0. The van der Waals surface area contributed by atoms with Crippen molar-refractivity contribution in [2.75, 3.05) is 0 Å². The first-order chi connectivity index (χ1) is 12.8. The number of carbonyl (C=O) groups is 1. The maximum absolute atomic E-state index is 12.2. The standard InChI is InChI=1S/C20H24ClN5O/c1-13(2)11-26-19(21)17(15(4)24-26)7-8-18(27)22-10-16-12-25-9-5-6-14(3)20(25)23-16/h5-9,12-13H,10-11H2,1-4H3,(H,22,27). The number of pyridine rings is 1. The fraction of sp³-hybridized carbons (Fsp3) is 0.350. The first kappa shape index (κ1) is 19.2. The van der Waals surface area contributed by atoms with Gasteiger partial charge in [-0.05, 0) is 37.5 Å². The number of amides is 1. The maximum atomic E-state index is 12.2. The normalized spacial score (nSPS) is 11.8. The molecule has 3 heterocycles. The molecule has 0 aliphatic heterocycles. The van der Waals surface area contributed by atoms with E-state index in [1.807, 2.05) is 42.8 Å². The molecule has 3 aromatic rings. The molecule has 1 N–H and O–H groups in total. The predicted molar refractivity (Wildman–Crippen MR) is 108 cm³/mol. The van der Waals surface area contributed by atoms with Gasteiger partial charge in [-0.3, -0.25) is 9.48 Å². The van der Waals surface area contributed by atoms with E-state index in [1.54, 1.807) is 10.8 Å². The minimum atomic E-state index is -0.198. The Morgan fingerprint density at radius 1 is 1.37 bits per heavy atom. The highest BCUT2D eigenvalue weighted by Crippen LogP contribution is 2.22. The molecule has 0 aliphatic rings. The second-order valence-corrected chi connectivity index (χ2v) is 7.43. The molecule has 0 aromatic carbocycles. The largest absolute Gasteiger partial charge is 0.347 e. The van der Waals surface area contributed by atoms with Crippen LogP contribution >= 0.6 is 11.6 Å². The van der Waals surface area contributed by atoms with E-state index >= 15 is 0 Å². The quantitative estimate of drug-likeness (QED) is 0.656. The van der Waals surface area contributed by atoms with Gasteiger partial charge in [0.2, 0.25) is 5.91 Å². The third-order valence-electron chi connectivity index (χ3n) is 4.22. The van der Waals surface area contributed by atoms with Gasteiger partial charge in [-0.15, -0.1) is 0 Å². The first-order valence-corrected chi connectivity index (χ1v) is 9.35. The fourth-order valence-electron chi connectivity index (χ4n) is 2.91. The smallest absolute Gasteiger partial charge is 0.244 e. The molecule has 1 amide bonds. The molecule has 27 heavy (non-hydrogen) atoms. The maximum Gasteiger partial charge on any atom is 0.244 e. The van der Waals surface area contributed by atoms with Crippen LogP contribution in [0.4, 0.5) is 0 Å². The lowest BCUT2D eigenvalue weighted by atomic mass is 10.2. The summed E-state index contributed by atoms with van der Waals surface area (Å²) in [5.74, 6) is 0.242. The van der Waals surface area contributed by atoms with Crippen molar-refractivity contribution in [2.24, 2.45) is 5.92 Å². The van der Waals surface area contributed by atoms with Gasteiger partial charge < -0.3 is 9.72 Å². The summed E-state index contributed by atoms with van der Waals surface area (Å²) in [5.41, 5.74) is 4.39. The highest BCUT2D eigenvalue weighted by atomic mass is 35.5. The average Bonchev–Trinajstić information content (AvgIpc) is 3.13. The second-order valence-electron chi connectivity index (χ2n) is 7.07. The summed E-state index contributed by atoms with van der Waals surface area (Å²) in [4.78, 5) is 16.7. The van der Waals surface area contributed by atoms with Crippen molar-refractivity contribution < 1.29 is 4.79 Å². The van der Waals surface area contributed by atoms with E-state index in [1.165, 1.54) is 6.08 Å². The molecule has 0 spiro atoms. The number of halogens is 1. The molecule has 0 saturated heterocycles. The second kappa shape index (κ2) is 7.96. The Labute approximate surface area is 163 Å². The van der Waals surface area contributed by atoms with Crippen LogP contribution < -0.4 is 5.32 Å². The van der Waals surface area contributed by atoms with Gasteiger partial charge in [-0.2, -0.15) is 5.10 Å². The predicted octanol–water partition coefficient (Wildman–Crippen LogP) is 3.79. The molecule has 0 unspecified atom stereocenters. The van der Waals surface area contributed by atoms with Crippen LogP contribution in [0.25, 0.3) is 11.7 Å². The van der Waals surface area contributed by atoms with Gasteiger partial charge in [0.1, 0.15) is 10.8 Å². The van der Waals surface area contributed by atoms with E-state index in [2.05, 4.69) is 29.2 Å². The number of hydrogen-bond donors (Lipinski definition) is 1. The SMILES string of the molecule is Cc1nn(CC(C)C)c(Cl)c1C=CC(=O)NCc1cn2cccc(C)c2n1. The van der Waals surface area contributed by atoms with Gasteiger partial charge in [-0.1, -0.05) is 31.5 Å². The molecule has 7 heteroatoms. The Morgan fingerprint density at radius 3 is 2.85 bits per heavy atom. The minimum absolute atomic E-state index is 0.198. The summed E-state index contributed by atoms with van der Waals surface area (Å²) in [6.07, 6.45) is 7.06. The highest BCUT2D eigenvalue weighted by molar-refractivity contribution is 6.31. The van der Waals surface area contributed by atoms with E-state index in [4.69, 9.17) is 11.6 Å². The van der Waals surface area contributed by atoms with Crippen LogP contribution in [0, 0.1) is 19.8 Å². The number of rotatable bonds is 6. The monoisotopic (exact) mass is 385 g/mol. The van der Waals surface area contributed by atoms with E-state index in [9.17, 15) is 4.79 Å². The zero-order chi connectivity index (χ0) is 19.6. The molecule has 0 radical (unpaired) electrons. The fourth-order valence-corrected chi connectivity index (χ4v) is 3.22. The first-order valence-electron chi connectivity index (χ1n) is 8.97. The Bertz CT molecular complexity index is 999. The van der Waals surface area contributed by atoms with Gasteiger partial charge in [0.15, 0.2) is 0 Å². The molecule has 142 valence electrons. The summed E-state index contributed by atoms with van der Waals surface area (Å²) in [6.45, 7) is 9.23. The van der Waals surface area contributed by atoms with E-state index in [0.29, 0.717) is 17.6 Å². The lowest BCUT2D eigenvalue weighted by molar-refractivity contribution is -0.116. The van der Waals surface area contributed by atoms with Crippen LogP contribution in [0.5, 0.6) is 0 Å². The molecular formula is C20H24ClN5O. The van der Waals surface area contributed by atoms with Crippen molar-refractivity contribution in [1.29, 1.82) is 0 Å². The number of nitrogens with one attached hydrogen (secondary N) is 1. The van der Waals surface area contributed by atoms with E-state index in [0.717, 1.165) is 34.7 Å². The van der Waals surface area contributed by atoms with Crippen LogP contribution in [0.3, 0.4) is 0 Å². The lowest BCUT2D eigenvalue weighted by Crippen LogP contribution is -2.20. The summed E-state index contributed by atoms with van der Waals surface area (Å²) in [5, 5.41) is 7.86. The zero-order valence-electron chi connectivity index (χ0n) is 16.0. The molecule has 0 aliphatic carbocycles. The number of nitrogens with zero attached hydrogens (tertiary/aromatic N) is 4. The van der Waals surface area contributed by atoms with Crippen molar-refractivity contribution in [3.05, 3.63) is 58.3 Å². The summed E-state index contributed by atoms with van der Waals surface area (Å²) < 4.78 is 3.73. The van der Waals surface area contributed by atoms with Crippen molar-refractivity contribution in [3.8, 4) is 0 Å².